The Morgan fingerprint density at radius 2 is 1.46 bits per heavy atom. The molecule has 1 aromatic heterocycles. The first-order chi connectivity index (χ1) is 28.2. The zero-order valence-corrected chi connectivity index (χ0v) is 34.6. The molecule has 4 aromatic carbocycles. The highest BCUT2D eigenvalue weighted by Gasteiger charge is 2.54. The number of rotatable bonds is 19. The average molecular weight is 847 g/mol. The molecule has 59 heavy (non-hydrogen) atoms. The van der Waals surface area contributed by atoms with E-state index >= 15 is 0 Å². The maximum atomic E-state index is 14.3. The summed E-state index contributed by atoms with van der Waals surface area (Å²) in [6.45, 7) is 4.28. The van der Waals surface area contributed by atoms with Crippen molar-refractivity contribution < 1.29 is 47.3 Å². The summed E-state index contributed by atoms with van der Waals surface area (Å²) in [6, 6.07) is 38.7. The number of carbonyl (C=O) groups excluding carboxylic acids is 2. The minimum absolute atomic E-state index is 0.0576. The number of halogens is 1. The number of nitrogens with one attached hydrogen (secondary N) is 1. The predicted octanol–water partition coefficient (Wildman–Crippen LogP) is 6.36. The predicted molar refractivity (Wildman–Crippen MR) is 220 cm³/mol. The lowest BCUT2D eigenvalue weighted by Gasteiger charge is -2.38. The Balaban J connectivity index is 1.12. The Bertz CT molecular complexity index is 2120. The summed E-state index contributed by atoms with van der Waals surface area (Å²) in [5, 5.41) is 28.5. The molecule has 5 N–H and O–H groups in total. The molecule has 1 amide bonds. The summed E-state index contributed by atoms with van der Waals surface area (Å²) in [5.74, 6) is -2.06. The lowest BCUT2D eigenvalue weighted by atomic mass is 9.79. The van der Waals surface area contributed by atoms with Crippen LogP contribution in [-0.4, -0.2) is 74.4 Å². The van der Waals surface area contributed by atoms with E-state index in [1.807, 2.05) is 135 Å². The average Bonchev–Trinajstić information content (AvgIpc) is 3.74. The van der Waals surface area contributed by atoms with Crippen molar-refractivity contribution in [3.8, 4) is 0 Å². The second kappa shape index (κ2) is 18.8. The van der Waals surface area contributed by atoms with Crippen LogP contribution in [0.5, 0.6) is 0 Å². The highest BCUT2D eigenvalue weighted by Crippen LogP contribution is 2.47. The van der Waals surface area contributed by atoms with E-state index in [0.29, 0.717) is 0 Å². The highest BCUT2D eigenvalue weighted by molar-refractivity contribution is 8.13. The minimum Gasteiger partial charge on any atom is -0.387 e. The third-order valence-corrected chi connectivity index (χ3v) is 12.7. The third kappa shape index (κ3) is 10.1. The van der Waals surface area contributed by atoms with E-state index in [1.54, 1.807) is 0 Å². The fourth-order valence-corrected chi connectivity index (χ4v) is 8.94. The molecule has 0 radical (unpaired) electrons. The lowest BCUT2D eigenvalue weighted by molar-refractivity contribution is -0.124. The SMILES string of the molecule is CC(C)(COC(c1ccccc1)(c1ccccc1)c1ccccc1)C(=O)SCCOP(=O)(NCc1ccccc1)OC[C@H]1O[C@@H](n2cc(F)c(C(N)=O)n2)C(C)(O)[C@H]1O. The standard InChI is InChI=1S/C43H48FN4O9PS/c1-41(2,29-54-43(31-18-10-5-11-19-31,32-20-12-6-13-21-32)33-22-14-7-15-23-33)40(51)59-25-24-55-58(53,46-26-30-16-8-4-9-17-30)56-28-35-37(49)42(3,52)39(57-35)48-27-34(44)36(47-48)38(45)50/h4-23,27,35,37,39,49,52H,24-26,28-29H2,1-3H3,(H2,45,50)(H,46,53)/t35-,37+,39-,42?,58?/m1/s1. The Kier molecular flexibility index (Phi) is 14.0. The molecule has 5 aromatic rings. The molecule has 1 aliphatic heterocycles. The number of primary amides is 1. The Morgan fingerprint density at radius 3 is 1.97 bits per heavy atom. The van der Waals surface area contributed by atoms with Gasteiger partial charge in [0.2, 0.25) is 0 Å². The molecule has 16 heteroatoms. The van der Waals surface area contributed by atoms with Crippen LogP contribution in [0.2, 0.25) is 0 Å². The minimum atomic E-state index is -4.17. The molecular formula is C43H48FN4O9PS. The molecule has 2 unspecified atom stereocenters. The number of nitrogens with two attached hydrogens (primary N) is 1. The van der Waals surface area contributed by atoms with E-state index in [9.17, 15) is 28.8 Å². The largest absolute Gasteiger partial charge is 0.405 e. The summed E-state index contributed by atoms with van der Waals surface area (Å²) >= 11 is 1.00. The molecule has 0 saturated carbocycles. The van der Waals surface area contributed by atoms with Crippen molar-refractivity contribution in [2.45, 2.75) is 57.0 Å². The smallest absolute Gasteiger partial charge is 0.387 e. The topological polar surface area (TPSA) is 184 Å². The van der Waals surface area contributed by atoms with Gasteiger partial charge in [0.05, 0.1) is 31.4 Å². The van der Waals surface area contributed by atoms with Crippen molar-refractivity contribution in [1.82, 2.24) is 14.9 Å². The Labute approximate surface area is 346 Å². The molecule has 0 aliphatic carbocycles. The molecule has 312 valence electrons. The molecule has 6 rings (SSSR count). The number of hydrogen-bond donors (Lipinski definition) is 4. The summed E-state index contributed by atoms with van der Waals surface area (Å²) < 4.78 is 53.6. The van der Waals surface area contributed by atoms with Crippen LogP contribution in [0.25, 0.3) is 0 Å². The molecular weight excluding hydrogens is 799 g/mol. The van der Waals surface area contributed by atoms with Crippen LogP contribution in [0.3, 0.4) is 0 Å². The zero-order valence-electron chi connectivity index (χ0n) is 32.8. The van der Waals surface area contributed by atoms with E-state index in [0.717, 1.165) is 44.9 Å². The number of aliphatic hydroxyl groups is 2. The number of hydrogen-bond acceptors (Lipinski definition) is 11. The van der Waals surface area contributed by atoms with Crippen LogP contribution in [0, 0.1) is 11.2 Å². The van der Waals surface area contributed by atoms with Gasteiger partial charge >= 0.3 is 7.75 Å². The Morgan fingerprint density at radius 1 is 0.932 bits per heavy atom. The third-order valence-electron chi connectivity index (χ3n) is 9.96. The number of benzene rings is 4. The van der Waals surface area contributed by atoms with Crippen LogP contribution in [0.4, 0.5) is 4.39 Å². The molecule has 1 aliphatic rings. The van der Waals surface area contributed by atoms with Gasteiger partial charge in [-0.25, -0.2) is 18.7 Å². The van der Waals surface area contributed by atoms with Gasteiger partial charge in [-0.15, -0.1) is 0 Å². The van der Waals surface area contributed by atoms with Gasteiger partial charge in [-0.1, -0.05) is 133 Å². The number of carbonyl (C=O) groups is 2. The van der Waals surface area contributed by atoms with Crippen LogP contribution < -0.4 is 10.8 Å². The van der Waals surface area contributed by atoms with Gasteiger partial charge in [0.15, 0.2) is 22.9 Å². The lowest BCUT2D eigenvalue weighted by Crippen LogP contribution is -2.44. The fourth-order valence-electron chi connectivity index (χ4n) is 6.70. The van der Waals surface area contributed by atoms with Gasteiger partial charge in [0, 0.05) is 12.3 Å². The highest BCUT2D eigenvalue weighted by atomic mass is 32.2. The number of thioether (sulfide) groups is 1. The molecule has 1 saturated heterocycles. The fraction of sp³-hybridized carbons (Fsp3) is 0.326. The molecule has 5 atom stereocenters. The molecule has 2 heterocycles. The van der Waals surface area contributed by atoms with Gasteiger partial charge in [-0.3, -0.25) is 18.6 Å². The molecule has 0 bridgehead atoms. The van der Waals surface area contributed by atoms with Crippen LogP contribution in [0.1, 0.15) is 59.7 Å². The second-order valence-electron chi connectivity index (χ2n) is 14.9. The second-order valence-corrected chi connectivity index (χ2v) is 17.8. The van der Waals surface area contributed by atoms with Crippen molar-refractivity contribution >= 4 is 30.5 Å². The maximum absolute atomic E-state index is 14.3. The monoisotopic (exact) mass is 846 g/mol. The first-order valence-electron chi connectivity index (χ1n) is 18.9. The Hall–Kier alpha value is -4.54. The van der Waals surface area contributed by atoms with Crippen LogP contribution in [0.15, 0.2) is 128 Å². The molecule has 13 nitrogen and oxygen atoms in total. The molecule has 1 fully saturated rings. The van der Waals surface area contributed by atoms with Gasteiger partial charge in [0.25, 0.3) is 5.91 Å². The van der Waals surface area contributed by atoms with Crippen molar-refractivity contribution in [2.24, 2.45) is 11.1 Å². The van der Waals surface area contributed by atoms with E-state index in [1.165, 1.54) is 6.92 Å². The normalized spacial score (nSPS) is 20.6. The van der Waals surface area contributed by atoms with Gasteiger partial charge in [-0.05, 0) is 43.0 Å². The van der Waals surface area contributed by atoms with Crippen LogP contribution >= 0.6 is 19.5 Å². The van der Waals surface area contributed by atoms with Crippen LogP contribution in [-0.2, 0) is 40.0 Å². The number of ether oxygens (including phenoxy) is 2. The van der Waals surface area contributed by atoms with Crippen molar-refractivity contribution in [3.05, 3.63) is 161 Å². The van der Waals surface area contributed by atoms with Gasteiger partial charge in [-0.2, -0.15) is 5.10 Å². The first-order valence-corrected chi connectivity index (χ1v) is 21.5. The van der Waals surface area contributed by atoms with Crippen molar-refractivity contribution in [2.75, 3.05) is 25.6 Å². The summed E-state index contributed by atoms with van der Waals surface area (Å²) in [4.78, 5) is 25.4. The zero-order chi connectivity index (χ0) is 42.3. The number of nitrogens with zero attached hydrogens (tertiary/aromatic N) is 2. The van der Waals surface area contributed by atoms with Crippen molar-refractivity contribution in [3.63, 3.8) is 0 Å². The van der Waals surface area contributed by atoms with Crippen molar-refractivity contribution in [1.29, 1.82) is 0 Å². The number of aromatic nitrogens is 2. The molecule has 0 spiro atoms. The van der Waals surface area contributed by atoms with E-state index < -0.39 is 66.8 Å². The quantitative estimate of drug-likeness (QED) is 0.0411. The number of amides is 1. The summed E-state index contributed by atoms with van der Waals surface area (Å²) in [5.41, 5.74) is 3.97. The summed E-state index contributed by atoms with van der Waals surface area (Å²) in [6.07, 6.45) is -3.56. The van der Waals surface area contributed by atoms with Gasteiger partial charge < -0.3 is 25.4 Å². The first kappa shape index (κ1) is 44.0. The van der Waals surface area contributed by atoms with E-state index in [4.69, 9.17) is 24.3 Å². The maximum Gasteiger partial charge on any atom is 0.405 e. The number of aliphatic hydroxyl groups excluding tert-OH is 1. The summed E-state index contributed by atoms with van der Waals surface area (Å²) in [7, 11) is -4.17. The van der Waals surface area contributed by atoms with Gasteiger partial charge in [0.1, 0.15) is 23.4 Å². The van der Waals surface area contributed by atoms with E-state index in [2.05, 4.69) is 10.2 Å². The van der Waals surface area contributed by atoms with E-state index in [-0.39, 0.29) is 30.6 Å².